The number of nitrogens with one attached hydrogen (secondary N) is 1. The van der Waals surface area contributed by atoms with Gasteiger partial charge in [-0.15, -0.1) is 5.10 Å². The molecule has 11 heteroatoms. The van der Waals surface area contributed by atoms with Crippen LogP contribution in [-0.2, 0) is 19.0 Å². The van der Waals surface area contributed by atoms with Crippen LogP contribution in [0.4, 0.5) is 5.13 Å². The van der Waals surface area contributed by atoms with Gasteiger partial charge in [-0.25, -0.2) is 0 Å². The van der Waals surface area contributed by atoms with Gasteiger partial charge in [0.1, 0.15) is 5.75 Å². The van der Waals surface area contributed by atoms with Crippen molar-refractivity contribution in [2.24, 2.45) is 0 Å². The first kappa shape index (κ1) is 19.3. The van der Waals surface area contributed by atoms with Crippen LogP contribution in [-0.4, -0.2) is 40.8 Å². The van der Waals surface area contributed by atoms with Crippen LogP contribution in [0.25, 0.3) is 0 Å². The Morgan fingerprint density at radius 3 is 2.89 bits per heavy atom. The summed E-state index contributed by atoms with van der Waals surface area (Å²) in [6, 6.07) is 3.40. The van der Waals surface area contributed by atoms with E-state index < -0.39 is 13.2 Å². The minimum absolute atomic E-state index is 0.0232. The number of ether oxygens (including phenoxy) is 2. The SMILES string of the molecule is CCOC(=O)CC1OB(O)c2cc(Oc3nnc(NC(C)=O)s3)cc(C)c21. The molecule has 1 aromatic heterocycles. The Bertz CT molecular complexity index is 874. The van der Waals surface area contributed by atoms with E-state index in [0.717, 1.165) is 22.5 Å². The Kier molecular flexibility index (Phi) is 5.73. The normalized spacial score (nSPS) is 15.4. The minimum atomic E-state index is -1.16. The highest BCUT2D eigenvalue weighted by Crippen LogP contribution is 2.34. The lowest BCUT2D eigenvalue weighted by Crippen LogP contribution is -2.28. The molecule has 9 nitrogen and oxygen atoms in total. The van der Waals surface area contributed by atoms with E-state index in [4.69, 9.17) is 14.1 Å². The Labute approximate surface area is 159 Å². The summed E-state index contributed by atoms with van der Waals surface area (Å²) in [4.78, 5) is 22.8. The van der Waals surface area contributed by atoms with Crippen molar-refractivity contribution >= 4 is 40.9 Å². The maximum atomic E-state index is 11.8. The van der Waals surface area contributed by atoms with Gasteiger partial charge in [0.15, 0.2) is 0 Å². The number of aryl methyl sites for hydroxylation is 1. The average molecular weight is 391 g/mol. The molecule has 1 unspecified atom stereocenters. The van der Waals surface area contributed by atoms with Crippen LogP contribution in [0.3, 0.4) is 0 Å². The fourth-order valence-corrected chi connectivity index (χ4v) is 3.53. The van der Waals surface area contributed by atoms with Gasteiger partial charge in [0.2, 0.25) is 11.0 Å². The third-order valence-electron chi connectivity index (χ3n) is 3.83. The Balaban J connectivity index is 1.79. The van der Waals surface area contributed by atoms with Crippen molar-refractivity contribution in [1.29, 1.82) is 0 Å². The van der Waals surface area contributed by atoms with Crippen LogP contribution in [0, 0.1) is 6.92 Å². The molecule has 142 valence electrons. The molecule has 3 rings (SSSR count). The molecule has 2 N–H and O–H groups in total. The van der Waals surface area contributed by atoms with Gasteiger partial charge in [-0.2, -0.15) is 0 Å². The molecule has 0 bridgehead atoms. The second-order valence-corrected chi connectivity index (χ2v) is 6.83. The molecule has 1 aliphatic heterocycles. The zero-order valence-electron chi connectivity index (χ0n) is 15.0. The molecule has 27 heavy (non-hydrogen) atoms. The number of hydrogen-bond acceptors (Lipinski definition) is 9. The van der Waals surface area contributed by atoms with E-state index in [0.29, 0.717) is 16.3 Å². The number of hydrogen-bond donors (Lipinski definition) is 2. The lowest BCUT2D eigenvalue weighted by molar-refractivity contribution is -0.145. The lowest BCUT2D eigenvalue weighted by Gasteiger charge is -2.14. The number of anilines is 1. The molecule has 0 saturated carbocycles. The number of carbonyl (C=O) groups excluding carboxylic acids is 2. The molecule has 0 radical (unpaired) electrons. The van der Waals surface area contributed by atoms with Crippen molar-refractivity contribution in [2.75, 3.05) is 11.9 Å². The fourth-order valence-electron chi connectivity index (χ4n) is 2.87. The van der Waals surface area contributed by atoms with Gasteiger partial charge in [0, 0.05) is 6.92 Å². The topological polar surface area (TPSA) is 120 Å². The first-order valence-electron chi connectivity index (χ1n) is 8.30. The summed E-state index contributed by atoms with van der Waals surface area (Å²) in [7, 11) is -1.16. The van der Waals surface area contributed by atoms with Gasteiger partial charge in [-0.1, -0.05) is 5.10 Å². The van der Waals surface area contributed by atoms with Gasteiger partial charge < -0.3 is 24.5 Å². The van der Waals surface area contributed by atoms with E-state index in [1.807, 2.05) is 6.92 Å². The first-order valence-corrected chi connectivity index (χ1v) is 9.11. The molecule has 0 saturated heterocycles. The van der Waals surface area contributed by atoms with Crippen molar-refractivity contribution in [1.82, 2.24) is 10.2 Å². The van der Waals surface area contributed by atoms with Crippen molar-refractivity contribution in [3.05, 3.63) is 23.3 Å². The van der Waals surface area contributed by atoms with E-state index in [9.17, 15) is 14.6 Å². The second-order valence-electron chi connectivity index (χ2n) is 5.89. The summed E-state index contributed by atoms with van der Waals surface area (Å²) in [6.07, 6.45) is -0.550. The summed E-state index contributed by atoms with van der Waals surface area (Å²) >= 11 is 1.08. The zero-order valence-corrected chi connectivity index (χ0v) is 15.8. The highest BCUT2D eigenvalue weighted by molar-refractivity contribution is 7.17. The average Bonchev–Trinajstić information content (AvgIpc) is 3.12. The number of benzene rings is 1. The van der Waals surface area contributed by atoms with Crippen LogP contribution in [0.1, 0.15) is 37.5 Å². The van der Waals surface area contributed by atoms with E-state index in [1.54, 1.807) is 19.1 Å². The number of amides is 1. The molecule has 1 amide bonds. The lowest BCUT2D eigenvalue weighted by atomic mass is 9.77. The van der Waals surface area contributed by atoms with Crippen LogP contribution >= 0.6 is 11.3 Å². The zero-order chi connectivity index (χ0) is 19.6. The summed E-state index contributed by atoms with van der Waals surface area (Å²) in [5.74, 6) is -0.197. The third-order valence-corrected chi connectivity index (χ3v) is 4.54. The molecule has 2 heterocycles. The minimum Gasteiger partial charge on any atom is -0.466 e. The second kappa shape index (κ2) is 8.03. The molecule has 0 fully saturated rings. The summed E-state index contributed by atoms with van der Waals surface area (Å²) in [5, 5.41) is 21.0. The summed E-state index contributed by atoms with van der Waals surface area (Å²) in [6.45, 7) is 5.24. The first-order chi connectivity index (χ1) is 12.9. The summed E-state index contributed by atoms with van der Waals surface area (Å²) < 4.78 is 16.2. The smallest absolute Gasteiger partial charge is 0.466 e. The van der Waals surface area contributed by atoms with Crippen molar-refractivity contribution in [3.8, 4) is 10.9 Å². The predicted octanol–water partition coefficient (Wildman–Crippen LogP) is 1.31. The van der Waals surface area contributed by atoms with Crippen LogP contribution in [0.2, 0.25) is 0 Å². The molecule has 0 spiro atoms. The quantitative estimate of drug-likeness (QED) is 0.559. The van der Waals surface area contributed by atoms with Gasteiger partial charge in [0.25, 0.3) is 0 Å². The number of fused-ring (bicyclic) bond motifs is 1. The molecule has 2 aromatic rings. The molecule has 0 aliphatic carbocycles. The maximum absolute atomic E-state index is 11.8. The highest BCUT2D eigenvalue weighted by Gasteiger charge is 2.38. The van der Waals surface area contributed by atoms with Gasteiger partial charge in [-0.05, 0) is 53.9 Å². The maximum Gasteiger partial charge on any atom is 0.492 e. The van der Waals surface area contributed by atoms with Crippen molar-refractivity contribution in [2.45, 2.75) is 33.3 Å². The van der Waals surface area contributed by atoms with E-state index in [1.165, 1.54) is 6.92 Å². The number of nitrogens with zero attached hydrogens (tertiary/aromatic N) is 2. The third kappa shape index (κ3) is 4.44. The molecule has 1 atom stereocenters. The monoisotopic (exact) mass is 391 g/mol. The van der Waals surface area contributed by atoms with Crippen molar-refractivity contribution < 1.29 is 28.7 Å². The van der Waals surface area contributed by atoms with Gasteiger partial charge >= 0.3 is 18.3 Å². The van der Waals surface area contributed by atoms with Crippen LogP contribution in [0.5, 0.6) is 10.9 Å². The van der Waals surface area contributed by atoms with Crippen molar-refractivity contribution in [3.63, 3.8) is 0 Å². The van der Waals surface area contributed by atoms with Gasteiger partial charge in [0.05, 0.1) is 19.1 Å². The fraction of sp³-hybridized carbons (Fsp3) is 0.375. The van der Waals surface area contributed by atoms with E-state index in [-0.39, 0.29) is 30.1 Å². The molecule has 1 aliphatic rings. The molecular formula is C16H18BN3O6S. The highest BCUT2D eigenvalue weighted by atomic mass is 32.1. The summed E-state index contributed by atoms with van der Waals surface area (Å²) in [5.41, 5.74) is 2.09. The largest absolute Gasteiger partial charge is 0.492 e. The van der Waals surface area contributed by atoms with Crippen LogP contribution < -0.4 is 15.5 Å². The molecular weight excluding hydrogens is 373 g/mol. The Hall–Kier alpha value is -2.50. The molecule has 1 aromatic carbocycles. The number of aromatic nitrogens is 2. The van der Waals surface area contributed by atoms with E-state index >= 15 is 0 Å². The number of rotatable bonds is 6. The van der Waals surface area contributed by atoms with E-state index in [2.05, 4.69) is 15.5 Å². The number of carbonyl (C=O) groups is 2. The Morgan fingerprint density at radius 2 is 2.19 bits per heavy atom. The number of esters is 1. The van der Waals surface area contributed by atoms with Crippen LogP contribution in [0.15, 0.2) is 12.1 Å². The predicted molar refractivity (Wildman–Crippen MR) is 98.1 cm³/mol. The standard InChI is InChI=1S/C16H18BN3O6S/c1-4-24-13(22)7-12-14-8(2)5-10(6-11(14)17(23)26-12)25-16-20-19-15(27-16)18-9(3)21/h5-6,12,23H,4,7H2,1-3H3,(H,18,19,21). The Morgan fingerprint density at radius 1 is 1.41 bits per heavy atom. The van der Waals surface area contributed by atoms with Gasteiger partial charge in [-0.3, -0.25) is 9.59 Å².